The maximum Gasteiger partial charge on any atom is 0.328 e. The van der Waals surface area contributed by atoms with E-state index in [4.69, 9.17) is 9.47 Å². The minimum Gasteiger partial charge on any atom is -0.481 e. The van der Waals surface area contributed by atoms with Crippen LogP contribution in [0.1, 0.15) is 30.5 Å². The second-order valence-electron chi connectivity index (χ2n) is 6.53. The van der Waals surface area contributed by atoms with Crippen molar-refractivity contribution in [2.75, 3.05) is 6.61 Å². The highest BCUT2D eigenvalue weighted by Gasteiger charge is 2.26. The Labute approximate surface area is 160 Å². The third-order valence-corrected chi connectivity index (χ3v) is 4.19. The third-order valence-electron chi connectivity index (χ3n) is 4.19. The normalized spacial score (nSPS) is 12.7. The van der Waals surface area contributed by atoms with Crippen molar-refractivity contribution in [2.24, 2.45) is 0 Å². The van der Waals surface area contributed by atoms with Crippen molar-refractivity contribution in [1.82, 2.24) is 5.32 Å². The molecule has 2 aromatic rings. The van der Waals surface area contributed by atoms with Crippen molar-refractivity contribution < 1.29 is 19.1 Å². The molecule has 0 fully saturated rings. The highest BCUT2D eigenvalue weighted by molar-refractivity contribution is 5.87. The van der Waals surface area contributed by atoms with Gasteiger partial charge in [0.25, 0.3) is 5.91 Å². The van der Waals surface area contributed by atoms with Crippen molar-refractivity contribution >= 4 is 11.9 Å². The Morgan fingerprint density at radius 2 is 1.78 bits per heavy atom. The Balaban J connectivity index is 2.07. The fourth-order valence-corrected chi connectivity index (χ4v) is 2.65. The first-order valence-electron chi connectivity index (χ1n) is 9.15. The van der Waals surface area contributed by atoms with E-state index >= 15 is 0 Å². The molecule has 2 unspecified atom stereocenters. The lowest BCUT2D eigenvalue weighted by Gasteiger charge is -2.21. The van der Waals surface area contributed by atoms with Crippen molar-refractivity contribution in [1.29, 1.82) is 0 Å². The smallest absolute Gasteiger partial charge is 0.328 e. The summed E-state index contributed by atoms with van der Waals surface area (Å²) in [5.74, 6) is -0.146. The summed E-state index contributed by atoms with van der Waals surface area (Å²) in [6, 6.07) is 14.6. The van der Waals surface area contributed by atoms with Crippen molar-refractivity contribution in [3.05, 3.63) is 65.2 Å². The molecule has 144 valence electrons. The third kappa shape index (κ3) is 6.13. The Bertz CT molecular complexity index is 773. The molecular formula is C22H27NO4. The molecule has 0 aliphatic rings. The first-order chi connectivity index (χ1) is 12.9. The lowest BCUT2D eigenvalue weighted by Crippen LogP contribution is -2.48. The fourth-order valence-electron chi connectivity index (χ4n) is 2.65. The second kappa shape index (κ2) is 9.76. The molecule has 0 bridgehead atoms. The number of esters is 1. The zero-order chi connectivity index (χ0) is 19.8. The summed E-state index contributed by atoms with van der Waals surface area (Å²) >= 11 is 0. The maximum atomic E-state index is 12.6. The van der Waals surface area contributed by atoms with E-state index in [-0.39, 0.29) is 12.5 Å². The van der Waals surface area contributed by atoms with E-state index in [1.54, 1.807) is 13.8 Å². The summed E-state index contributed by atoms with van der Waals surface area (Å²) in [6.45, 7) is 7.56. The minimum absolute atomic E-state index is 0.258. The van der Waals surface area contributed by atoms with Crippen LogP contribution >= 0.6 is 0 Å². The van der Waals surface area contributed by atoms with Crippen molar-refractivity contribution in [2.45, 2.75) is 46.3 Å². The number of benzene rings is 2. The van der Waals surface area contributed by atoms with Gasteiger partial charge in [-0.25, -0.2) is 4.79 Å². The van der Waals surface area contributed by atoms with Crippen LogP contribution in [0, 0.1) is 13.8 Å². The van der Waals surface area contributed by atoms with E-state index in [2.05, 4.69) is 5.32 Å². The van der Waals surface area contributed by atoms with Gasteiger partial charge in [-0.1, -0.05) is 42.5 Å². The molecule has 0 aliphatic carbocycles. The number of carbonyl (C=O) groups excluding carboxylic acids is 2. The summed E-state index contributed by atoms with van der Waals surface area (Å²) in [6.07, 6.45) is -0.375. The summed E-state index contributed by atoms with van der Waals surface area (Å²) in [5.41, 5.74) is 2.95. The van der Waals surface area contributed by atoms with E-state index in [0.29, 0.717) is 12.2 Å². The molecule has 2 rings (SSSR count). The molecule has 5 heteroatoms. The number of carbonyl (C=O) groups is 2. The van der Waals surface area contributed by atoms with Crippen LogP contribution in [-0.4, -0.2) is 30.6 Å². The predicted molar refractivity (Wildman–Crippen MR) is 105 cm³/mol. The van der Waals surface area contributed by atoms with Gasteiger partial charge < -0.3 is 14.8 Å². The molecular weight excluding hydrogens is 342 g/mol. The van der Waals surface area contributed by atoms with Gasteiger partial charge in [0, 0.05) is 6.42 Å². The van der Waals surface area contributed by atoms with Gasteiger partial charge in [-0.2, -0.15) is 0 Å². The average molecular weight is 369 g/mol. The van der Waals surface area contributed by atoms with Crippen molar-refractivity contribution in [3.63, 3.8) is 0 Å². The standard InChI is InChI=1S/C22H27NO4/c1-5-26-22(25)19(14-18-9-7-6-8-10-18)23-21(24)17(4)27-20-13-15(2)11-12-16(20)3/h6-13,17,19H,5,14H2,1-4H3,(H,23,24). The molecule has 27 heavy (non-hydrogen) atoms. The number of hydrogen-bond donors (Lipinski definition) is 1. The number of rotatable bonds is 8. The van der Waals surface area contributed by atoms with Gasteiger partial charge in [0.2, 0.25) is 0 Å². The van der Waals surface area contributed by atoms with Gasteiger partial charge in [0.05, 0.1) is 6.61 Å². The second-order valence-corrected chi connectivity index (χ2v) is 6.53. The van der Waals surface area contributed by atoms with E-state index in [9.17, 15) is 9.59 Å². The molecule has 0 aliphatic heterocycles. The molecule has 0 aromatic heterocycles. The summed E-state index contributed by atoms with van der Waals surface area (Å²) in [5, 5.41) is 2.77. The lowest BCUT2D eigenvalue weighted by atomic mass is 10.1. The first-order valence-corrected chi connectivity index (χ1v) is 9.15. The van der Waals surface area contributed by atoms with Crippen LogP contribution in [0.4, 0.5) is 0 Å². The summed E-state index contributed by atoms with van der Waals surface area (Å²) in [4.78, 5) is 24.9. The van der Waals surface area contributed by atoms with Gasteiger partial charge in [-0.15, -0.1) is 0 Å². The molecule has 0 saturated heterocycles. The Morgan fingerprint density at radius 1 is 1.07 bits per heavy atom. The van der Waals surface area contributed by atoms with Gasteiger partial charge in [0.1, 0.15) is 11.8 Å². The SMILES string of the molecule is CCOC(=O)C(Cc1ccccc1)NC(=O)C(C)Oc1cc(C)ccc1C. The highest BCUT2D eigenvalue weighted by atomic mass is 16.5. The molecule has 5 nitrogen and oxygen atoms in total. The van der Waals surface area contributed by atoms with E-state index in [0.717, 1.165) is 16.7 Å². The summed E-state index contributed by atoms with van der Waals surface area (Å²) < 4.78 is 10.9. The molecule has 0 saturated carbocycles. The maximum absolute atomic E-state index is 12.6. The average Bonchev–Trinajstić information content (AvgIpc) is 2.65. The molecule has 1 N–H and O–H groups in total. The topological polar surface area (TPSA) is 64.6 Å². The van der Waals surface area contributed by atoms with Crippen molar-refractivity contribution in [3.8, 4) is 5.75 Å². The van der Waals surface area contributed by atoms with Crippen LogP contribution in [0.2, 0.25) is 0 Å². The Morgan fingerprint density at radius 3 is 2.44 bits per heavy atom. The highest BCUT2D eigenvalue weighted by Crippen LogP contribution is 2.20. The van der Waals surface area contributed by atoms with E-state index in [1.807, 2.05) is 62.4 Å². The van der Waals surface area contributed by atoms with Crippen LogP contribution in [0.25, 0.3) is 0 Å². The monoisotopic (exact) mass is 369 g/mol. The van der Waals surface area contributed by atoms with Crippen LogP contribution in [0.5, 0.6) is 5.75 Å². The van der Waals surface area contributed by atoms with E-state index < -0.39 is 18.1 Å². The lowest BCUT2D eigenvalue weighted by molar-refractivity contribution is -0.148. The number of amides is 1. The zero-order valence-electron chi connectivity index (χ0n) is 16.3. The molecule has 0 spiro atoms. The zero-order valence-corrected chi connectivity index (χ0v) is 16.3. The quantitative estimate of drug-likeness (QED) is 0.725. The molecule has 0 heterocycles. The van der Waals surface area contributed by atoms with Crippen LogP contribution < -0.4 is 10.1 Å². The molecule has 2 aromatic carbocycles. The van der Waals surface area contributed by atoms with Crippen LogP contribution in [-0.2, 0) is 20.7 Å². The first kappa shape index (κ1) is 20.5. The number of nitrogens with one attached hydrogen (secondary N) is 1. The van der Waals surface area contributed by atoms with Gasteiger partial charge >= 0.3 is 5.97 Å². The number of hydrogen-bond acceptors (Lipinski definition) is 4. The summed E-state index contributed by atoms with van der Waals surface area (Å²) in [7, 11) is 0. The Hall–Kier alpha value is -2.82. The van der Waals surface area contributed by atoms with Gasteiger partial charge in [-0.3, -0.25) is 4.79 Å². The molecule has 2 atom stereocenters. The Kier molecular flexibility index (Phi) is 7.41. The molecule has 1 amide bonds. The van der Waals surface area contributed by atoms with Crippen LogP contribution in [0.15, 0.2) is 48.5 Å². The largest absolute Gasteiger partial charge is 0.481 e. The van der Waals surface area contributed by atoms with Gasteiger partial charge in [0.15, 0.2) is 6.10 Å². The minimum atomic E-state index is -0.760. The number of aryl methyl sites for hydroxylation is 2. The fraction of sp³-hybridized carbons (Fsp3) is 0.364. The predicted octanol–water partition coefficient (Wildman–Crippen LogP) is 3.36. The van der Waals surface area contributed by atoms with E-state index in [1.165, 1.54) is 0 Å². The van der Waals surface area contributed by atoms with Gasteiger partial charge in [-0.05, 0) is 50.5 Å². The van der Waals surface area contributed by atoms with Crippen LogP contribution in [0.3, 0.4) is 0 Å². The number of ether oxygens (including phenoxy) is 2. The molecule has 0 radical (unpaired) electrons.